The van der Waals surface area contributed by atoms with Crippen LogP contribution < -0.4 is 15.5 Å². The number of benzene rings is 3. The monoisotopic (exact) mass is 553 g/mol. The van der Waals surface area contributed by atoms with Crippen LogP contribution in [0.3, 0.4) is 0 Å². The lowest BCUT2D eigenvalue weighted by molar-refractivity contribution is -0.120. The predicted octanol–water partition coefficient (Wildman–Crippen LogP) is 5.43. The largest absolute Gasteiger partial charge is 0.444 e. The molecule has 0 fully saturated rings. The molecule has 10 heteroatoms. The van der Waals surface area contributed by atoms with Gasteiger partial charge >= 0.3 is 6.09 Å². The normalized spacial score (nSPS) is 15.3. The molecule has 0 bridgehead atoms. The van der Waals surface area contributed by atoms with Crippen molar-refractivity contribution in [1.29, 1.82) is 0 Å². The van der Waals surface area contributed by atoms with Crippen LogP contribution in [0.4, 0.5) is 19.3 Å². The summed E-state index contributed by atoms with van der Waals surface area (Å²) in [5.74, 6) is -2.16. The molecule has 0 aliphatic carbocycles. The number of anilines is 1. The number of amides is 3. The molecule has 7 nitrogen and oxygen atoms in total. The Hall–Kier alpha value is -3.92. The molecule has 3 amide bonds. The van der Waals surface area contributed by atoms with Gasteiger partial charge in [0.2, 0.25) is 0 Å². The van der Waals surface area contributed by atoms with Crippen molar-refractivity contribution in [1.82, 2.24) is 10.6 Å². The van der Waals surface area contributed by atoms with E-state index in [1.54, 1.807) is 20.8 Å². The molecule has 4 rings (SSSR count). The summed E-state index contributed by atoms with van der Waals surface area (Å²) in [5.41, 5.74) is 0.779. The summed E-state index contributed by atoms with van der Waals surface area (Å²) in [7, 11) is 0. The molecule has 1 atom stereocenters. The molecular weight excluding hydrogens is 524 g/mol. The number of hydrogen-bond acceptors (Lipinski definition) is 5. The number of ether oxygens (including phenoxy) is 1. The van der Waals surface area contributed by atoms with Crippen molar-refractivity contribution in [3.63, 3.8) is 0 Å². The smallest absolute Gasteiger partial charge is 0.408 e. The molecule has 1 heterocycles. The predicted molar refractivity (Wildman–Crippen MR) is 145 cm³/mol. The average molecular weight is 554 g/mol. The minimum Gasteiger partial charge on any atom is -0.444 e. The van der Waals surface area contributed by atoms with Crippen molar-refractivity contribution in [3.05, 3.63) is 95.1 Å². The number of rotatable bonds is 6. The van der Waals surface area contributed by atoms with Gasteiger partial charge in [0, 0.05) is 17.2 Å². The van der Waals surface area contributed by atoms with Gasteiger partial charge in [-0.05, 0) is 56.2 Å². The molecule has 0 saturated carbocycles. The van der Waals surface area contributed by atoms with Crippen molar-refractivity contribution >= 4 is 35.4 Å². The molecule has 0 spiro atoms. The summed E-state index contributed by atoms with van der Waals surface area (Å²) >= 11 is 1.18. The number of fused-ring (bicyclic) bond motifs is 1. The summed E-state index contributed by atoms with van der Waals surface area (Å²) in [5, 5.41) is 5.32. The number of alkyl carbamates (subject to hydrolysis) is 1. The Morgan fingerprint density at radius 1 is 1.03 bits per heavy atom. The van der Waals surface area contributed by atoms with E-state index in [0.717, 1.165) is 5.56 Å². The van der Waals surface area contributed by atoms with E-state index in [1.807, 2.05) is 30.3 Å². The number of thioether (sulfide) groups is 1. The van der Waals surface area contributed by atoms with E-state index in [4.69, 9.17) is 4.74 Å². The summed E-state index contributed by atoms with van der Waals surface area (Å²) in [6, 6.07) is 16.4. The third-order valence-electron chi connectivity index (χ3n) is 5.79. The fraction of sp³-hybridized carbons (Fsp3) is 0.276. The molecule has 204 valence electrons. The lowest BCUT2D eigenvalue weighted by Gasteiger charge is -2.27. The topological polar surface area (TPSA) is 87.7 Å². The van der Waals surface area contributed by atoms with Gasteiger partial charge in [0.1, 0.15) is 23.3 Å². The molecule has 3 aromatic carbocycles. The fourth-order valence-corrected chi connectivity index (χ4v) is 5.03. The van der Waals surface area contributed by atoms with Crippen LogP contribution in [0.15, 0.2) is 71.6 Å². The van der Waals surface area contributed by atoms with E-state index < -0.39 is 41.2 Å². The maximum Gasteiger partial charge on any atom is 0.408 e. The van der Waals surface area contributed by atoms with Gasteiger partial charge in [-0.3, -0.25) is 9.59 Å². The molecule has 39 heavy (non-hydrogen) atoms. The Morgan fingerprint density at radius 3 is 2.38 bits per heavy atom. The van der Waals surface area contributed by atoms with E-state index in [2.05, 4.69) is 10.6 Å². The van der Waals surface area contributed by atoms with Crippen molar-refractivity contribution in [2.45, 2.75) is 50.4 Å². The van der Waals surface area contributed by atoms with Crippen molar-refractivity contribution in [2.75, 3.05) is 10.7 Å². The molecule has 0 aromatic heterocycles. The highest BCUT2D eigenvalue weighted by Gasteiger charge is 2.34. The number of carbonyl (C=O) groups excluding carboxylic acids is 3. The Kier molecular flexibility index (Phi) is 8.54. The standard InChI is InChI=1S/C29H29F2N3O4S/c1-29(2,3)38-28(37)33-23-17-39-25-14-22(31)21(26(35)32-15-18-7-5-4-6-8-18)13-24(25)34(27(23)36)16-19-9-11-20(30)12-10-19/h4-14,23H,15-17H2,1-3H3,(H,32,35)(H,33,37)/t23-/m0/s1. The van der Waals surface area contributed by atoms with Crippen molar-refractivity contribution in [3.8, 4) is 0 Å². The number of hydrogen-bond donors (Lipinski definition) is 2. The third-order valence-corrected chi connectivity index (χ3v) is 6.93. The second-order valence-electron chi connectivity index (χ2n) is 10.0. The maximum absolute atomic E-state index is 15.2. The quantitative estimate of drug-likeness (QED) is 0.425. The highest BCUT2D eigenvalue weighted by atomic mass is 32.2. The van der Waals surface area contributed by atoms with Crippen molar-refractivity contribution in [2.24, 2.45) is 0 Å². The Balaban J connectivity index is 1.65. The molecule has 0 saturated heterocycles. The van der Waals surface area contributed by atoms with Gasteiger partial charge in [0.25, 0.3) is 11.8 Å². The summed E-state index contributed by atoms with van der Waals surface area (Å²) in [4.78, 5) is 41.0. The van der Waals surface area contributed by atoms with Crippen LogP contribution in [-0.2, 0) is 22.6 Å². The first-order chi connectivity index (χ1) is 18.5. The van der Waals surface area contributed by atoms with Crippen LogP contribution in [0.1, 0.15) is 42.3 Å². The van der Waals surface area contributed by atoms with Crippen LogP contribution in [-0.4, -0.2) is 35.3 Å². The zero-order valence-electron chi connectivity index (χ0n) is 21.8. The molecule has 0 unspecified atom stereocenters. The molecule has 2 N–H and O–H groups in total. The summed E-state index contributed by atoms with van der Waals surface area (Å²) in [6.07, 6.45) is -0.763. The van der Waals surface area contributed by atoms with Crippen molar-refractivity contribution < 1.29 is 27.9 Å². The van der Waals surface area contributed by atoms with Gasteiger partial charge in [-0.15, -0.1) is 11.8 Å². The molecule has 1 aliphatic rings. The van der Waals surface area contributed by atoms with E-state index in [0.29, 0.717) is 16.1 Å². The Labute approximate surface area is 229 Å². The number of nitrogens with zero attached hydrogens (tertiary/aromatic N) is 1. The first-order valence-electron chi connectivity index (χ1n) is 12.3. The zero-order valence-corrected chi connectivity index (χ0v) is 22.6. The van der Waals surface area contributed by atoms with Gasteiger partial charge < -0.3 is 20.3 Å². The van der Waals surface area contributed by atoms with Crippen LogP contribution in [0.5, 0.6) is 0 Å². The summed E-state index contributed by atoms with van der Waals surface area (Å²) in [6.45, 7) is 5.33. The Bertz CT molecular complexity index is 1360. The lowest BCUT2D eigenvalue weighted by atomic mass is 10.1. The molecule has 3 aromatic rings. The van der Waals surface area contributed by atoms with E-state index in [-0.39, 0.29) is 24.4 Å². The highest BCUT2D eigenvalue weighted by Crippen LogP contribution is 2.37. The number of halogens is 2. The second kappa shape index (κ2) is 11.9. The minimum absolute atomic E-state index is 0.00980. The van der Waals surface area contributed by atoms with E-state index in [1.165, 1.54) is 53.1 Å². The van der Waals surface area contributed by atoms with Crippen LogP contribution in [0.25, 0.3) is 0 Å². The second-order valence-corrected chi connectivity index (χ2v) is 11.1. The molecule has 0 radical (unpaired) electrons. The first-order valence-corrected chi connectivity index (χ1v) is 13.3. The van der Waals surface area contributed by atoms with Gasteiger partial charge in [-0.1, -0.05) is 42.5 Å². The van der Waals surface area contributed by atoms with Gasteiger partial charge in [-0.25, -0.2) is 13.6 Å². The summed E-state index contributed by atoms with van der Waals surface area (Å²) < 4.78 is 34.0. The lowest BCUT2D eigenvalue weighted by Crippen LogP contribution is -2.50. The highest BCUT2D eigenvalue weighted by molar-refractivity contribution is 7.99. The zero-order chi connectivity index (χ0) is 28.2. The first kappa shape index (κ1) is 28.1. The van der Waals surface area contributed by atoms with E-state index in [9.17, 15) is 18.8 Å². The van der Waals surface area contributed by atoms with E-state index >= 15 is 4.39 Å². The van der Waals surface area contributed by atoms with Gasteiger partial charge in [-0.2, -0.15) is 0 Å². The molecular formula is C29H29F2N3O4S. The third kappa shape index (κ3) is 7.35. The molecule has 1 aliphatic heterocycles. The fourth-order valence-electron chi connectivity index (χ4n) is 3.96. The SMILES string of the molecule is CC(C)(C)OC(=O)N[C@H]1CSc2cc(F)c(C(=O)NCc3ccccc3)cc2N(Cc2ccc(F)cc2)C1=O. The van der Waals surface area contributed by atoms with Crippen LogP contribution in [0, 0.1) is 11.6 Å². The van der Waals surface area contributed by atoms with Gasteiger partial charge in [0.15, 0.2) is 0 Å². The minimum atomic E-state index is -0.990. The van der Waals surface area contributed by atoms with Crippen LogP contribution >= 0.6 is 11.8 Å². The van der Waals surface area contributed by atoms with Crippen LogP contribution in [0.2, 0.25) is 0 Å². The van der Waals surface area contributed by atoms with Gasteiger partial charge in [0.05, 0.1) is 17.8 Å². The number of nitrogens with one attached hydrogen (secondary N) is 2. The maximum atomic E-state index is 15.2. The Morgan fingerprint density at radius 2 is 1.72 bits per heavy atom. The number of carbonyl (C=O) groups is 3. The average Bonchev–Trinajstić information content (AvgIpc) is 2.99.